The maximum Gasteiger partial charge on any atom is 0.573 e. The summed E-state index contributed by atoms with van der Waals surface area (Å²) in [6.45, 7) is 0. The topological polar surface area (TPSA) is 55.5 Å². The lowest BCUT2D eigenvalue weighted by atomic mass is 9.91. The van der Waals surface area contributed by atoms with E-state index in [1.165, 1.54) is 12.1 Å². The number of benzene rings is 1. The van der Waals surface area contributed by atoms with Crippen LogP contribution in [0.1, 0.15) is 37.3 Å². The van der Waals surface area contributed by atoms with Crippen molar-refractivity contribution in [2.24, 2.45) is 11.7 Å². The molecule has 8 heteroatoms. The van der Waals surface area contributed by atoms with Crippen LogP contribution < -0.4 is 10.5 Å². The highest BCUT2D eigenvalue weighted by atomic mass is 35.5. The molecule has 2 rings (SSSR count). The lowest BCUT2D eigenvalue weighted by molar-refractivity contribution is -0.274. The summed E-state index contributed by atoms with van der Waals surface area (Å²) in [5.74, 6) is -0.347. The fourth-order valence-corrected chi connectivity index (χ4v) is 2.95. The summed E-state index contributed by atoms with van der Waals surface area (Å²) in [5.41, 5.74) is 6.49. The molecule has 3 N–H and O–H groups in total. The van der Waals surface area contributed by atoms with E-state index in [0.717, 1.165) is 31.7 Å². The highest BCUT2D eigenvalue weighted by Gasteiger charge is 2.33. The third-order valence-corrected chi connectivity index (χ3v) is 4.11. The number of aliphatic hydroxyl groups excluding tert-OH is 1. The van der Waals surface area contributed by atoms with Crippen molar-refractivity contribution in [3.8, 4) is 5.75 Å². The van der Waals surface area contributed by atoms with E-state index in [2.05, 4.69) is 4.74 Å². The van der Waals surface area contributed by atoms with Crippen LogP contribution in [-0.4, -0.2) is 17.6 Å². The fourth-order valence-electron chi connectivity index (χ4n) is 2.72. The minimum atomic E-state index is -4.80. The Bertz CT molecular complexity index is 493. The highest BCUT2D eigenvalue weighted by molar-refractivity contribution is 6.32. The summed E-state index contributed by atoms with van der Waals surface area (Å²) in [5, 5.41) is 10.1. The van der Waals surface area contributed by atoms with Gasteiger partial charge in [-0.05, 0) is 36.5 Å². The minimum Gasteiger partial charge on any atom is -0.404 e. The molecule has 0 amide bonds. The summed E-state index contributed by atoms with van der Waals surface area (Å²) < 4.78 is 40.3. The first-order chi connectivity index (χ1) is 9.78. The van der Waals surface area contributed by atoms with Crippen molar-refractivity contribution in [3.63, 3.8) is 0 Å². The van der Waals surface area contributed by atoms with Gasteiger partial charge in [0, 0.05) is 0 Å². The fraction of sp³-hybridized carbons (Fsp3) is 0.571. The van der Waals surface area contributed by atoms with Crippen molar-refractivity contribution in [2.75, 3.05) is 0 Å². The van der Waals surface area contributed by atoms with Gasteiger partial charge in [0.05, 0.1) is 17.2 Å². The zero-order valence-corrected chi connectivity index (χ0v) is 13.2. The van der Waals surface area contributed by atoms with Gasteiger partial charge in [0.2, 0.25) is 0 Å². The van der Waals surface area contributed by atoms with Gasteiger partial charge in [-0.25, -0.2) is 0 Å². The molecule has 0 heterocycles. The van der Waals surface area contributed by atoms with Crippen LogP contribution in [0.5, 0.6) is 5.75 Å². The molecule has 0 radical (unpaired) electrons. The molecule has 126 valence electrons. The quantitative estimate of drug-likeness (QED) is 0.846. The monoisotopic (exact) mass is 359 g/mol. The Morgan fingerprint density at radius 1 is 1.27 bits per heavy atom. The first-order valence-electron chi connectivity index (χ1n) is 6.77. The van der Waals surface area contributed by atoms with Gasteiger partial charge in [0.25, 0.3) is 0 Å². The molecule has 1 saturated carbocycles. The standard InChI is InChI=1S/C14H17ClF3NO2.ClH/c15-10-7-9(5-6-11(10)21-14(16,17)18)12(19)13(20)8-3-1-2-4-8;/h5-8,12-13,20H,1-4,19H2;1H/t12-,13+;/m0./s1. The zero-order chi connectivity index (χ0) is 15.6. The Morgan fingerprint density at radius 2 is 1.86 bits per heavy atom. The van der Waals surface area contributed by atoms with Crippen LogP contribution in [0.15, 0.2) is 18.2 Å². The van der Waals surface area contributed by atoms with Gasteiger partial charge in [-0.3, -0.25) is 0 Å². The van der Waals surface area contributed by atoms with Gasteiger partial charge in [-0.1, -0.05) is 30.5 Å². The van der Waals surface area contributed by atoms with Crippen molar-refractivity contribution < 1.29 is 23.0 Å². The molecule has 3 nitrogen and oxygen atoms in total. The molecule has 1 fully saturated rings. The molecule has 1 aliphatic rings. The third-order valence-electron chi connectivity index (χ3n) is 3.82. The number of hydrogen-bond acceptors (Lipinski definition) is 3. The predicted octanol–water partition coefficient (Wildman–Crippen LogP) is 4.21. The number of ether oxygens (including phenoxy) is 1. The van der Waals surface area contributed by atoms with Crippen molar-refractivity contribution >= 4 is 24.0 Å². The molecule has 0 spiro atoms. The summed E-state index contributed by atoms with van der Waals surface area (Å²) in [7, 11) is 0. The van der Waals surface area contributed by atoms with E-state index < -0.39 is 24.3 Å². The van der Waals surface area contributed by atoms with E-state index in [4.69, 9.17) is 17.3 Å². The molecule has 0 aliphatic heterocycles. The number of aliphatic hydroxyl groups is 1. The van der Waals surface area contributed by atoms with E-state index in [-0.39, 0.29) is 23.3 Å². The number of nitrogens with two attached hydrogens (primary N) is 1. The Hall–Kier alpha value is -0.690. The SMILES string of the molecule is Cl.N[C@@H](c1ccc(OC(F)(F)F)c(Cl)c1)[C@H](O)C1CCCC1. The lowest BCUT2D eigenvalue weighted by Crippen LogP contribution is -2.31. The number of rotatable bonds is 4. The van der Waals surface area contributed by atoms with Crippen LogP contribution in [-0.2, 0) is 0 Å². The van der Waals surface area contributed by atoms with Crippen molar-refractivity contribution in [3.05, 3.63) is 28.8 Å². The maximum absolute atomic E-state index is 12.2. The molecule has 0 aromatic heterocycles. The van der Waals surface area contributed by atoms with Gasteiger partial charge in [-0.15, -0.1) is 25.6 Å². The van der Waals surface area contributed by atoms with Gasteiger partial charge < -0.3 is 15.6 Å². The van der Waals surface area contributed by atoms with Crippen LogP contribution >= 0.6 is 24.0 Å². The van der Waals surface area contributed by atoms with Crippen molar-refractivity contribution in [1.82, 2.24) is 0 Å². The molecule has 1 aromatic rings. The predicted molar refractivity (Wildman–Crippen MR) is 80.3 cm³/mol. The molecular formula is C14H18Cl2F3NO2. The molecule has 0 unspecified atom stereocenters. The smallest absolute Gasteiger partial charge is 0.404 e. The van der Waals surface area contributed by atoms with Crippen molar-refractivity contribution in [2.45, 2.75) is 44.2 Å². The van der Waals surface area contributed by atoms with Crippen LogP contribution in [0.25, 0.3) is 0 Å². The van der Waals surface area contributed by atoms with Crippen LogP contribution in [0, 0.1) is 5.92 Å². The summed E-state index contributed by atoms with van der Waals surface area (Å²) in [6, 6.07) is 3.15. The average Bonchev–Trinajstić information content (AvgIpc) is 2.92. The lowest BCUT2D eigenvalue weighted by Gasteiger charge is -2.25. The normalized spacial score (nSPS) is 18.6. The molecule has 0 saturated heterocycles. The molecule has 0 bridgehead atoms. The second kappa shape index (κ2) is 7.73. The van der Waals surface area contributed by atoms with Crippen molar-refractivity contribution in [1.29, 1.82) is 0 Å². The van der Waals surface area contributed by atoms with Crippen LogP contribution in [0.3, 0.4) is 0 Å². The average molecular weight is 360 g/mol. The zero-order valence-electron chi connectivity index (χ0n) is 11.6. The molecule has 1 aromatic carbocycles. The van der Waals surface area contributed by atoms with Gasteiger partial charge in [0.15, 0.2) is 0 Å². The van der Waals surface area contributed by atoms with Gasteiger partial charge in [0.1, 0.15) is 5.75 Å². The third kappa shape index (κ3) is 4.91. The van der Waals surface area contributed by atoms with E-state index in [9.17, 15) is 18.3 Å². The first kappa shape index (κ1) is 19.4. The highest BCUT2D eigenvalue weighted by Crippen LogP contribution is 2.35. The van der Waals surface area contributed by atoms with E-state index in [0.29, 0.717) is 5.56 Å². The second-order valence-electron chi connectivity index (χ2n) is 5.30. The molecular weight excluding hydrogens is 342 g/mol. The Morgan fingerprint density at radius 3 is 2.36 bits per heavy atom. The number of hydrogen-bond donors (Lipinski definition) is 2. The Balaban J connectivity index is 0.00000242. The second-order valence-corrected chi connectivity index (χ2v) is 5.71. The van der Waals surface area contributed by atoms with Gasteiger partial charge >= 0.3 is 6.36 Å². The number of halogens is 5. The van der Waals surface area contributed by atoms with Crippen LogP contribution in [0.4, 0.5) is 13.2 Å². The van der Waals surface area contributed by atoms with E-state index in [1.54, 1.807) is 0 Å². The first-order valence-corrected chi connectivity index (χ1v) is 7.14. The van der Waals surface area contributed by atoms with E-state index in [1.807, 2.05) is 0 Å². The Kier molecular flexibility index (Phi) is 6.80. The summed E-state index contributed by atoms with van der Waals surface area (Å²) >= 11 is 5.78. The molecule has 2 atom stereocenters. The molecule has 1 aliphatic carbocycles. The largest absolute Gasteiger partial charge is 0.573 e. The van der Waals surface area contributed by atoms with Crippen LogP contribution in [0.2, 0.25) is 5.02 Å². The molecule has 22 heavy (non-hydrogen) atoms. The minimum absolute atomic E-state index is 0. The summed E-state index contributed by atoms with van der Waals surface area (Å²) in [6.07, 6.45) is -1.56. The summed E-state index contributed by atoms with van der Waals surface area (Å²) in [4.78, 5) is 0. The van der Waals surface area contributed by atoms with Gasteiger partial charge in [-0.2, -0.15) is 0 Å². The van der Waals surface area contributed by atoms with E-state index >= 15 is 0 Å². The maximum atomic E-state index is 12.2. The number of alkyl halides is 3. The Labute approximate surface area is 138 Å².